The van der Waals surface area contributed by atoms with Gasteiger partial charge in [0.25, 0.3) is 0 Å². The Hall–Kier alpha value is -2.91. The lowest BCUT2D eigenvalue weighted by Gasteiger charge is -2.39. The molecule has 7 nitrogen and oxygen atoms in total. The molecule has 0 atom stereocenters. The van der Waals surface area contributed by atoms with Gasteiger partial charge in [0, 0.05) is 74.5 Å². The molecule has 0 N–H and O–H groups in total. The molecule has 0 radical (unpaired) electrons. The van der Waals surface area contributed by atoms with Gasteiger partial charge in [0.2, 0.25) is 15.9 Å². The van der Waals surface area contributed by atoms with Gasteiger partial charge >= 0.3 is 0 Å². The van der Waals surface area contributed by atoms with Gasteiger partial charge in [-0.2, -0.15) is 4.31 Å². The van der Waals surface area contributed by atoms with Crippen LogP contribution in [0.25, 0.3) is 10.9 Å². The molecule has 186 valence electrons. The van der Waals surface area contributed by atoms with Crippen LogP contribution in [-0.2, 0) is 21.4 Å². The van der Waals surface area contributed by atoms with Gasteiger partial charge in [-0.1, -0.05) is 0 Å². The Morgan fingerprint density at radius 1 is 0.943 bits per heavy atom. The maximum absolute atomic E-state index is 13.3. The average Bonchev–Trinajstić information content (AvgIpc) is 3.31. The summed E-state index contributed by atoms with van der Waals surface area (Å²) < 4.78 is 43.3. The van der Waals surface area contributed by atoms with Crippen LogP contribution in [0.1, 0.15) is 19.8 Å². The van der Waals surface area contributed by atoms with Crippen LogP contribution < -0.4 is 4.90 Å². The Bertz CT molecular complexity index is 1310. The van der Waals surface area contributed by atoms with Crippen molar-refractivity contribution >= 4 is 32.5 Å². The Balaban J connectivity index is 1.18. The number of carbonyl (C=O) groups is 1. The molecule has 35 heavy (non-hydrogen) atoms. The summed E-state index contributed by atoms with van der Waals surface area (Å²) >= 11 is 0. The molecule has 1 aromatic heterocycles. The summed E-state index contributed by atoms with van der Waals surface area (Å²) in [4.78, 5) is 17.5. The van der Waals surface area contributed by atoms with E-state index >= 15 is 0 Å². The van der Waals surface area contributed by atoms with Gasteiger partial charge in [-0.15, -0.1) is 0 Å². The molecule has 0 aliphatic carbocycles. The second-order valence-corrected chi connectivity index (χ2v) is 11.2. The van der Waals surface area contributed by atoms with Gasteiger partial charge in [-0.25, -0.2) is 12.8 Å². The Morgan fingerprint density at radius 2 is 1.63 bits per heavy atom. The van der Waals surface area contributed by atoms with Crippen LogP contribution in [0.5, 0.6) is 0 Å². The maximum Gasteiger partial charge on any atom is 0.243 e. The zero-order valence-electron chi connectivity index (χ0n) is 19.9. The third-order valence-corrected chi connectivity index (χ3v) is 9.20. The number of aromatic nitrogens is 1. The van der Waals surface area contributed by atoms with E-state index in [9.17, 15) is 17.6 Å². The van der Waals surface area contributed by atoms with Crippen molar-refractivity contribution in [3.63, 3.8) is 0 Å². The number of piperidine rings is 1. The molecule has 3 aromatic rings. The van der Waals surface area contributed by atoms with Crippen molar-refractivity contribution in [2.45, 2.75) is 31.2 Å². The van der Waals surface area contributed by atoms with Crippen molar-refractivity contribution in [1.82, 2.24) is 13.8 Å². The Kier molecular flexibility index (Phi) is 6.55. The molecule has 3 heterocycles. The van der Waals surface area contributed by atoms with Gasteiger partial charge in [0.15, 0.2) is 0 Å². The molecule has 2 aliphatic heterocycles. The predicted molar refractivity (Wildman–Crippen MR) is 134 cm³/mol. The summed E-state index contributed by atoms with van der Waals surface area (Å²) in [5.74, 6) is -0.296. The number of nitrogens with zero attached hydrogens (tertiary/aromatic N) is 4. The van der Waals surface area contributed by atoms with E-state index in [0.717, 1.165) is 23.1 Å². The molecule has 2 fully saturated rings. The quantitative estimate of drug-likeness (QED) is 0.540. The Labute approximate surface area is 205 Å². The number of piperazine rings is 1. The van der Waals surface area contributed by atoms with E-state index in [1.54, 1.807) is 24.3 Å². The third-order valence-electron chi connectivity index (χ3n) is 7.31. The number of hydrogen-bond acceptors (Lipinski definition) is 4. The fourth-order valence-corrected chi connectivity index (χ4v) is 6.71. The summed E-state index contributed by atoms with van der Waals surface area (Å²) in [7, 11) is -3.60. The molecule has 2 aliphatic rings. The van der Waals surface area contributed by atoms with Crippen molar-refractivity contribution in [3.8, 4) is 0 Å². The minimum Gasteiger partial charge on any atom is -0.368 e. The number of hydrogen-bond donors (Lipinski definition) is 0. The zero-order chi connectivity index (χ0) is 24.6. The average molecular weight is 499 g/mol. The molecule has 0 saturated carbocycles. The minimum absolute atomic E-state index is 0.114. The number of aryl methyl sites for hydroxylation is 1. The molecule has 0 spiro atoms. The molecule has 0 unspecified atom stereocenters. The number of halogens is 1. The topological polar surface area (TPSA) is 65.9 Å². The molecular formula is C26H31FN4O3S. The Morgan fingerprint density at radius 3 is 2.29 bits per heavy atom. The smallest absolute Gasteiger partial charge is 0.243 e. The predicted octanol–water partition coefficient (Wildman–Crippen LogP) is 3.55. The normalized spacial score (nSPS) is 18.3. The standard InChI is InChI=1S/C26H31FN4O3S/c1-2-28-12-9-21-19-24(7-8-25(21)28)35(33,34)31-13-10-20(11-14-31)26(32)30-17-15-29(16-18-30)23-5-3-22(27)4-6-23/h3-9,12,19-20H,2,10-11,13-18H2,1H3. The van der Waals surface area contributed by atoms with Crippen molar-refractivity contribution in [2.24, 2.45) is 5.92 Å². The third kappa shape index (κ3) is 4.67. The number of benzene rings is 2. The second-order valence-electron chi connectivity index (χ2n) is 9.29. The summed E-state index contributed by atoms with van der Waals surface area (Å²) in [5, 5.41) is 0.915. The van der Waals surface area contributed by atoms with E-state index in [2.05, 4.69) is 16.4 Å². The molecule has 9 heteroatoms. The summed E-state index contributed by atoms with van der Waals surface area (Å²) in [5.41, 5.74) is 1.98. The van der Waals surface area contributed by atoms with Gasteiger partial charge in [-0.3, -0.25) is 4.79 Å². The summed E-state index contributed by atoms with van der Waals surface area (Å²) in [6.07, 6.45) is 3.03. The lowest BCUT2D eigenvalue weighted by molar-refractivity contribution is -0.137. The zero-order valence-corrected chi connectivity index (χ0v) is 20.8. The van der Waals surface area contributed by atoms with Crippen LogP contribution in [0.3, 0.4) is 0 Å². The van der Waals surface area contributed by atoms with E-state index in [1.165, 1.54) is 16.4 Å². The van der Waals surface area contributed by atoms with Gasteiger partial charge in [0.1, 0.15) is 5.82 Å². The molecular weight excluding hydrogens is 467 g/mol. The van der Waals surface area contributed by atoms with E-state index in [1.807, 2.05) is 23.2 Å². The van der Waals surface area contributed by atoms with Crippen molar-refractivity contribution < 1.29 is 17.6 Å². The molecule has 0 bridgehead atoms. The number of carbonyl (C=O) groups excluding carboxylic acids is 1. The van der Waals surface area contributed by atoms with Gasteiger partial charge in [0.05, 0.1) is 4.90 Å². The van der Waals surface area contributed by atoms with Gasteiger partial charge in [-0.05, 0) is 68.3 Å². The SMILES string of the molecule is CCn1ccc2cc(S(=O)(=O)N3CCC(C(=O)N4CCN(c5ccc(F)cc5)CC4)CC3)ccc21. The first-order valence-electron chi connectivity index (χ1n) is 12.2. The first-order chi connectivity index (χ1) is 16.9. The molecule has 5 rings (SSSR count). The number of anilines is 1. The fourth-order valence-electron chi connectivity index (χ4n) is 5.20. The first kappa shape index (κ1) is 23.8. The van der Waals surface area contributed by atoms with E-state index in [-0.39, 0.29) is 17.6 Å². The van der Waals surface area contributed by atoms with E-state index in [4.69, 9.17) is 0 Å². The van der Waals surface area contributed by atoms with Crippen LogP contribution in [0.4, 0.5) is 10.1 Å². The molecule has 1 amide bonds. The lowest BCUT2D eigenvalue weighted by Crippen LogP contribution is -2.52. The maximum atomic E-state index is 13.3. The first-order valence-corrected chi connectivity index (χ1v) is 13.7. The highest BCUT2D eigenvalue weighted by Crippen LogP contribution is 2.28. The van der Waals surface area contributed by atoms with E-state index < -0.39 is 10.0 Å². The van der Waals surface area contributed by atoms with Crippen molar-refractivity contribution in [1.29, 1.82) is 0 Å². The number of sulfonamides is 1. The van der Waals surface area contributed by atoms with Crippen LogP contribution in [0.15, 0.2) is 59.6 Å². The molecule has 2 saturated heterocycles. The van der Waals surface area contributed by atoms with E-state index in [0.29, 0.717) is 57.0 Å². The molecule has 2 aromatic carbocycles. The van der Waals surface area contributed by atoms with Crippen molar-refractivity contribution in [2.75, 3.05) is 44.2 Å². The van der Waals surface area contributed by atoms with Crippen LogP contribution in [0.2, 0.25) is 0 Å². The van der Waals surface area contributed by atoms with Crippen LogP contribution in [0, 0.1) is 11.7 Å². The highest BCUT2D eigenvalue weighted by molar-refractivity contribution is 7.89. The number of rotatable bonds is 5. The highest BCUT2D eigenvalue weighted by Gasteiger charge is 2.34. The fraction of sp³-hybridized carbons (Fsp3) is 0.423. The minimum atomic E-state index is -3.60. The monoisotopic (exact) mass is 498 g/mol. The highest BCUT2D eigenvalue weighted by atomic mass is 32.2. The van der Waals surface area contributed by atoms with Crippen LogP contribution in [-0.4, -0.2) is 67.4 Å². The number of fused-ring (bicyclic) bond motifs is 1. The summed E-state index contributed by atoms with van der Waals surface area (Å²) in [6, 6.07) is 13.7. The second kappa shape index (κ2) is 9.62. The van der Waals surface area contributed by atoms with Crippen molar-refractivity contribution in [3.05, 3.63) is 60.5 Å². The van der Waals surface area contributed by atoms with Crippen LogP contribution >= 0.6 is 0 Å². The number of amides is 1. The van der Waals surface area contributed by atoms with Gasteiger partial charge < -0.3 is 14.4 Å². The summed E-state index contributed by atoms with van der Waals surface area (Å²) in [6.45, 7) is 6.22. The lowest BCUT2D eigenvalue weighted by atomic mass is 9.96. The largest absolute Gasteiger partial charge is 0.368 e.